The molecule has 0 spiro atoms. The first kappa shape index (κ1) is 11.1. The zero-order chi connectivity index (χ0) is 10.5. The van der Waals surface area contributed by atoms with Gasteiger partial charge in [-0.3, -0.25) is 0 Å². The molecule has 0 saturated carbocycles. The van der Waals surface area contributed by atoms with Gasteiger partial charge in [-0.05, 0) is 32.6 Å². The minimum absolute atomic E-state index is 0.00793. The van der Waals surface area contributed by atoms with Crippen molar-refractivity contribution in [3.8, 4) is 0 Å². The second kappa shape index (κ2) is 5.64. The van der Waals surface area contributed by atoms with E-state index in [9.17, 15) is 0 Å². The van der Waals surface area contributed by atoms with E-state index in [4.69, 9.17) is 14.2 Å². The van der Waals surface area contributed by atoms with Crippen LogP contribution in [0, 0.1) is 0 Å². The van der Waals surface area contributed by atoms with E-state index in [-0.39, 0.29) is 12.4 Å². The predicted molar refractivity (Wildman–Crippen MR) is 57.7 cm³/mol. The fraction of sp³-hybridized carbons (Fsp3) is 0.833. The van der Waals surface area contributed by atoms with E-state index < -0.39 is 0 Å². The van der Waals surface area contributed by atoms with Gasteiger partial charge in [-0.1, -0.05) is 11.6 Å². The minimum Gasteiger partial charge on any atom is -0.371 e. The lowest BCUT2D eigenvalue weighted by molar-refractivity contribution is -0.179. The van der Waals surface area contributed by atoms with Gasteiger partial charge in [-0.25, -0.2) is 0 Å². The third-order valence-corrected chi connectivity index (χ3v) is 2.92. The van der Waals surface area contributed by atoms with Crippen LogP contribution < -0.4 is 0 Å². The molecule has 2 aliphatic heterocycles. The first-order chi connectivity index (χ1) is 7.34. The molecule has 2 rings (SSSR count). The maximum Gasteiger partial charge on any atom is 0.157 e. The van der Waals surface area contributed by atoms with Crippen molar-refractivity contribution in [3.05, 3.63) is 11.6 Å². The molecule has 15 heavy (non-hydrogen) atoms. The van der Waals surface area contributed by atoms with Crippen LogP contribution in [0.4, 0.5) is 0 Å². The zero-order valence-electron chi connectivity index (χ0n) is 9.41. The summed E-state index contributed by atoms with van der Waals surface area (Å²) in [6.45, 7) is 4.38. The van der Waals surface area contributed by atoms with Crippen LogP contribution in [0.15, 0.2) is 11.6 Å². The number of hydrogen-bond acceptors (Lipinski definition) is 3. The van der Waals surface area contributed by atoms with Crippen molar-refractivity contribution in [2.24, 2.45) is 0 Å². The van der Waals surface area contributed by atoms with Crippen LogP contribution in [0.1, 0.15) is 32.6 Å². The van der Waals surface area contributed by atoms with E-state index in [0.29, 0.717) is 6.61 Å². The summed E-state index contributed by atoms with van der Waals surface area (Å²) in [5.41, 5.74) is 1.40. The smallest absolute Gasteiger partial charge is 0.157 e. The Hall–Kier alpha value is -0.380. The van der Waals surface area contributed by atoms with E-state index >= 15 is 0 Å². The quantitative estimate of drug-likeness (QED) is 0.672. The second-order valence-electron chi connectivity index (χ2n) is 4.34. The number of ether oxygens (including phenoxy) is 3. The van der Waals surface area contributed by atoms with Crippen molar-refractivity contribution in [1.29, 1.82) is 0 Å². The lowest BCUT2D eigenvalue weighted by Crippen LogP contribution is -2.29. The molecule has 2 aliphatic rings. The number of hydrogen-bond donors (Lipinski definition) is 0. The van der Waals surface area contributed by atoms with Crippen molar-refractivity contribution >= 4 is 0 Å². The molecule has 2 atom stereocenters. The molecule has 0 aliphatic carbocycles. The van der Waals surface area contributed by atoms with Crippen molar-refractivity contribution in [3.63, 3.8) is 0 Å². The predicted octanol–water partition coefficient (Wildman–Crippen LogP) is 2.26. The topological polar surface area (TPSA) is 27.7 Å². The molecule has 0 N–H and O–H groups in total. The first-order valence-corrected chi connectivity index (χ1v) is 5.85. The molecule has 0 aromatic heterocycles. The summed E-state index contributed by atoms with van der Waals surface area (Å²) in [4.78, 5) is 0. The summed E-state index contributed by atoms with van der Waals surface area (Å²) >= 11 is 0. The van der Waals surface area contributed by atoms with E-state index in [1.807, 2.05) is 0 Å². The van der Waals surface area contributed by atoms with Gasteiger partial charge in [0.2, 0.25) is 0 Å². The lowest BCUT2D eigenvalue weighted by Gasteiger charge is -2.27. The van der Waals surface area contributed by atoms with E-state index in [2.05, 4.69) is 13.0 Å². The van der Waals surface area contributed by atoms with Crippen LogP contribution in [0.5, 0.6) is 0 Å². The Bertz CT molecular complexity index is 219. The molecule has 0 aromatic carbocycles. The summed E-state index contributed by atoms with van der Waals surface area (Å²) < 4.78 is 16.8. The molecule has 0 radical (unpaired) electrons. The van der Waals surface area contributed by atoms with Crippen LogP contribution in [0.25, 0.3) is 0 Å². The Balaban J connectivity index is 1.66. The summed E-state index contributed by atoms with van der Waals surface area (Å²) in [6, 6.07) is 0. The van der Waals surface area contributed by atoms with Crippen LogP contribution >= 0.6 is 0 Å². The highest BCUT2D eigenvalue weighted by atomic mass is 16.7. The molecule has 0 amide bonds. The van der Waals surface area contributed by atoms with Gasteiger partial charge in [0.1, 0.15) is 0 Å². The summed E-state index contributed by atoms with van der Waals surface area (Å²) in [6.07, 6.45) is 6.77. The van der Waals surface area contributed by atoms with Crippen molar-refractivity contribution < 1.29 is 14.2 Å². The van der Waals surface area contributed by atoms with E-state index in [0.717, 1.165) is 26.1 Å². The third-order valence-electron chi connectivity index (χ3n) is 2.92. The van der Waals surface area contributed by atoms with Crippen LogP contribution in [0.3, 0.4) is 0 Å². The average molecular weight is 212 g/mol. The third kappa shape index (κ3) is 3.59. The Kier molecular flexibility index (Phi) is 4.18. The molecule has 1 fully saturated rings. The monoisotopic (exact) mass is 212 g/mol. The van der Waals surface area contributed by atoms with Gasteiger partial charge in [0.05, 0.1) is 19.3 Å². The fourth-order valence-electron chi connectivity index (χ4n) is 1.99. The maximum atomic E-state index is 5.70. The Labute approximate surface area is 91.4 Å². The standard InChI is InChI=1S/C12H20O3/c1-10-5-7-13-11(8-10)9-15-12-4-2-3-6-14-12/h5,11-12H,2-4,6-9H2,1H3/t11-,12?/m0/s1. The zero-order valence-corrected chi connectivity index (χ0v) is 9.41. The van der Waals surface area contributed by atoms with E-state index in [1.54, 1.807) is 0 Å². The number of rotatable bonds is 3. The normalized spacial score (nSPS) is 32.5. The van der Waals surface area contributed by atoms with Crippen molar-refractivity contribution in [2.75, 3.05) is 19.8 Å². The maximum absolute atomic E-state index is 5.70. The summed E-state index contributed by atoms with van der Waals surface area (Å²) in [5, 5.41) is 0. The highest BCUT2D eigenvalue weighted by Gasteiger charge is 2.18. The average Bonchev–Trinajstić information content (AvgIpc) is 2.28. The molecule has 0 aromatic rings. The first-order valence-electron chi connectivity index (χ1n) is 5.85. The van der Waals surface area contributed by atoms with Crippen LogP contribution in [-0.4, -0.2) is 32.2 Å². The fourth-order valence-corrected chi connectivity index (χ4v) is 1.99. The molecule has 0 bridgehead atoms. The Morgan fingerprint density at radius 2 is 2.33 bits per heavy atom. The van der Waals surface area contributed by atoms with Gasteiger partial charge in [0, 0.05) is 6.61 Å². The van der Waals surface area contributed by atoms with Gasteiger partial charge in [0.15, 0.2) is 6.29 Å². The minimum atomic E-state index is 0.00793. The summed E-state index contributed by atoms with van der Waals surface area (Å²) in [5.74, 6) is 0. The Morgan fingerprint density at radius 1 is 1.40 bits per heavy atom. The SMILES string of the molecule is CC1=CCO[C@H](COC2CCCCO2)C1. The second-order valence-corrected chi connectivity index (χ2v) is 4.34. The van der Waals surface area contributed by atoms with Gasteiger partial charge >= 0.3 is 0 Å². The molecule has 3 nitrogen and oxygen atoms in total. The summed E-state index contributed by atoms with van der Waals surface area (Å²) in [7, 11) is 0. The van der Waals surface area contributed by atoms with Gasteiger partial charge in [0.25, 0.3) is 0 Å². The van der Waals surface area contributed by atoms with Crippen LogP contribution in [-0.2, 0) is 14.2 Å². The Morgan fingerprint density at radius 3 is 3.07 bits per heavy atom. The largest absolute Gasteiger partial charge is 0.371 e. The molecule has 1 unspecified atom stereocenters. The highest BCUT2D eigenvalue weighted by molar-refractivity contribution is 5.02. The molecule has 3 heteroatoms. The van der Waals surface area contributed by atoms with Gasteiger partial charge < -0.3 is 14.2 Å². The van der Waals surface area contributed by atoms with Gasteiger partial charge in [-0.2, -0.15) is 0 Å². The molecular weight excluding hydrogens is 192 g/mol. The molecule has 2 heterocycles. The molecule has 1 saturated heterocycles. The molecule has 86 valence electrons. The van der Waals surface area contributed by atoms with E-state index in [1.165, 1.54) is 18.4 Å². The van der Waals surface area contributed by atoms with Crippen molar-refractivity contribution in [1.82, 2.24) is 0 Å². The molecular formula is C12H20O3. The van der Waals surface area contributed by atoms with Crippen LogP contribution in [0.2, 0.25) is 0 Å². The van der Waals surface area contributed by atoms with Crippen molar-refractivity contribution in [2.45, 2.75) is 45.0 Å². The lowest BCUT2D eigenvalue weighted by atomic mass is 10.1. The highest BCUT2D eigenvalue weighted by Crippen LogP contribution is 2.18. The van der Waals surface area contributed by atoms with Gasteiger partial charge in [-0.15, -0.1) is 0 Å².